The third-order valence-corrected chi connectivity index (χ3v) is 3.73. The molecule has 13 heteroatoms. The summed E-state index contributed by atoms with van der Waals surface area (Å²) in [6.45, 7) is 0.564. The molecular formula is C14H25N5O7S. The highest BCUT2D eigenvalue weighted by atomic mass is 32.1. The monoisotopic (exact) mass is 407 g/mol. The molecule has 4 unspecified atom stereocenters. The van der Waals surface area contributed by atoms with Crippen molar-refractivity contribution in [2.45, 2.75) is 44.0 Å². The zero-order valence-electron chi connectivity index (χ0n) is 14.7. The lowest BCUT2D eigenvalue weighted by Gasteiger charge is -2.20. The summed E-state index contributed by atoms with van der Waals surface area (Å²) in [6, 6.07) is -3.72. The van der Waals surface area contributed by atoms with E-state index in [1.54, 1.807) is 0 Å². The standard InChI is InChI=1S/C14H25N5O7S/c1-6(20)11(14(25)26)19-10(22)4-17-13(24)8(2-3-9(16)21)18-12(23)7(15)5-27/h6-8,11,20,27H,2-5,15H2,1H3,(H2,16,21)(H,17,24)(H,18,23)(H,19,22)(H,25,26). The molecule has 0 fully saturated rings. The van der Waals surface area contributed by atoms with Gasteiger partial charge in [0.25, 0.3) is 0 Å². The average molecular weight is 407 g/mol. The zero-order chi connectivity index (χ0) is 21.1. The second-order valence-corrected chi connectivity index (χ2v) is 6.06. The second-order valence-electron chi connectivity index (χ2n) is 5.70. The Hall–Kier alpha value is -2.38. The van der Waals surface area contributed by atoms with Crippen LogP contribution in [-0.2, 0) is 24.0 Å². The van der Waals surface area contributed by atoms with Gasteiger partial charge in [-0.15, -0.1) is 0 Å². The number of carbonyl (C=O) groups is 5. The van der Waals surface area contributed by atoms with E-state index in [1.807, 2.05) is 5.32 Å². The Morgan fingerprint density at radius 2 is 1.70 bits per heavy atom. The number of aliphatic hydroxyl groups excluding tert-OH is 1. The molecule has 0 aliphatic heterocycles. The van der Waals surface area contributed by atoms with E-state index in [2.05, 4.69) is 23.3 Å². The number of carboxylic acid groups (broad SMARTS) is 1. The van der Waals surface area contributed by atoms with E-state index >= 15 is 0 Å². The molecule has 0 heterocycles. The molecule has 154 valence electrons. The fraction of sp³-hybridized carbons (Fsp3) is 0.643. The minimum atomic E-state index is -1.55. The third kappa shape index (κ3) is 9.77. The molecule has 4 atom stereocenters. The molecule has 0 aromatic rings. The van der Waals surface area contributed by atoms with Gasteiger partial charge in [0.1, 0.15) is 6.04 Å². The number of thiol groups is 1. The molecule has 0 aromatic carbocycles. The molecule has 27 heavy (non-hydrogen) atoms. The van der Waals surface area contributed by atoms with Crippen molar-refractivity contribution in [1.29, 1.82) is 0 Å². The first-order chi connectivity index (χ1) is 12.5. The maximum Gasteiger partial charge on any atom is 0.328 e. The molecule has 0 radical (unpaired) electrons. The number of nitrogens with two attached hydrogens (primary N) is 2. The van der Waals surface area contributed by atoms with E-state index in [9.17, 15) is 29.1 Å². The van der Waals surface area contributed by atoms with Crippen LogP contribution in [0, 0.1) is 0 Å². The van der Waals surface area contributed by atoms with E-state index in [0.717, 1.165) is 0 Å². The first-order valence-electron chi connectivity index (χ1n) is 7.92. The summed E-state index contributed by atoms with van der Waals surface area (Å²) in [7, 11) is 0. The number of hydrogen-bond donors (Lipinski definition) is 8. The molecule has 4 amide bonds. The maximum absolute atomic E-state index is 12.2. The quantitative estimate of drug-likeness (QED) is 0.149. The minimum absolute atomic E-state index is 0.0221. The fourth-order valence-electron chi connectivity index (χ4n) is 1.82. The van der Waals surface area contributed by atoms with Gasteiger partial charge >= 0.3 is 5.97 Å². The van der Waals surface area contributed by atoms with Gasteiger partial charge in [0, 0.05) is 12.2 Å². The normalized spacial score (nSPS) is 15.0. The van der Waals surface area contributed by atoms with Gasteiger partial charge in [-0.1, -0.05) is 0 Å². The highest BCUT2D eigenvalue weighted by molar-refractivity contribution is 7.80. The van der Waals surface area contributed by atoms with Crippen molar-refractivity contribution < 1.29 is 34.2 Å². The summed E-state index contributed by atoms with van der Waals surface area (Å²) in [5.74, 6) is -4.47. The van der Waals surface area contributed by atoms with Crippen molar-refractivity contribution in [1.82, 2.24) is 16.0 Å². The number of nitrogens with one attached hydrogen (secondary N) is 3. The van der Waals surface area contributed by atoms with E-state index in [1.165, 1.54) is 6.92 Å². The van der Waals surface area contributed by atoms with E-state index in [-0.39, 0.29) is 18.6 Å². The van der Waals surface area contributed by atoms with Gasteiger partial charge in [0.2, 0.25) is 23.6 Å². The number of aliphatic carboxylic acids is 1. The van der Waals surface area contributed by atoms with Crippen LogP contribution in [0.5, 0.6) is 0 Å². The number of rotatable bonds is 12. The van der Waals surface area contributed by atoms with Crippen LogP contribution in [-0.4, -0.2) is 76.3 Å². The number of primary amides is 1. The largest absolute Gasteiger partial charge is 0.480 e. The van der Waals surface area contributed by atoms with Gasteiger partial charge < -0.3 is 37.6 Å². The van der Waals surface area contributed by atoms with Crippen LogP contribution in [0.3, 0.4) is 0 Å². The van der Waals surface area contributed by atoms with Crippen molar-refractivity contribution in [3.8, 4) is 0 Å². The van der Waals surface area contributed by atoms with Gasteiger partial charge in [0.05, 0.1) is 18.7 Å². The number of amides is 4. The van der Waals surface area contributed by atoms with Gasteiger partial charge in [0.15, 0.2) is 6.04 Å². The van der Waals surface area contributed by atoms with Crippen LogP contribution >= 0.6 is 12.6 Å². The Morgan fingerprint density at radius 3 is 2.15 bits per heavy atom. The van der Waals surface area contributed by atoms with Gasteiger partial charge in [-0.3, -0.25) is 19.2 Å². The van der Waals surface area contributed by atoms with Crippen molar-refractivity contribution >= 4 is 42.2 Å². The molecule has 0 rings (SSSR count). The summed E-state index contributed by atoms with van der Waals surface area (Å²) in [5, 5.41) is 24.7. The Morgan fingerprint density at radius 1 is 1.11 bits per heavy atom. The summed E-state index contributed by atoms with van der Waals surface area (Å²) < 4.78 is 0. The van der Waals surface area contributed by atoms with Crippen LogP contribution < -0.4 is 27.4 Å². The number of carbonyl (C=O) groups excluding carboxylic acids is 4. The van der Waals surface area contributed by atoms with Gasteiger partial charge in [-0.05, 0) is 13.3 Å². The van der Waals surface area contributed by atoms with Crippen molar-refractivity contribution in [2.24, 2.45) is 11.5 Å². The Kier molecular flexibility index (Phi) is 11.0. The number of aliphatic hydroxyl groups is 1. The predicted molar refractivity (Wildman–Crippen MR) is 96.4 cm³/mol. The van der Waals surface area contributed by atoms with Crippen LogP contribution in [0.15, 0.2) is 0 Å². The number of carboxylic acids is 1. The predicted octanol–water partition coefficient (Wildman–Crippen LogP) is -3.94. The van der Waals surface area contributed by atoms with Crippen LogP contribution in [0.4, 0.5) is 0 Å². The topological polar surface area (TPSA) is 214 Å². The number of hydrogen-bond acceptors (Lipinski definition) is 8. The molecule has 0 aliphatic rings. The molecular weight excluding hydrogens is 382 g/mol. The SMILES string of the molecule is CC(O)C(NC(=O)CNC(=O)C(CCC(N)=O)NC(=O)C(N)CS)C(=O)O. The lowest BCUT2D eigenvalue weighted by molar-refractivity contribution is -0.144. The maximum atomic E-state index is 12.2. The summed E-state index contributed by atoms with van der Waals surface area (Å²) in [5.41, 5.74) is 10.5. The highest BCUT2D eigenvalue weighted by Crippen LogP contribution is 1.99. The first kappa shape index (κ1) is 24.6. The molecule has 0 bridgehead atoms. The molecule has 0 saturated carbocycles. The molecule has 12 nitrogen and oxygen atoms in total. The smallest absolute Gasteiger partial charge is 0.328 e. The lowest BCUT2D eigenvalue weighted by Crippen LogP contribution is -2.54. The van der Waals surface area contributed by atoms with Crippen molar-refractivity contribution in [2.75, 3.05) is 12.3 Å². The average Bonchev–Trinajstić information content (AvgIpc) is 2.59. The highest BCUT2D eigenvalue weighted by Gasteiger charge is 2.27. The van der Waals surface area contributed by atoms with Gasteiger partial charge in [-0.25, -0.2) is 4.79 Å². The van der Waals surface area contributed by atoms with Crippen molar-refractivity contribution in [3.63, 3.8) is 0 Å². The van der Waals surface area contributed by atoms with E-state index < -0.39 is 60.4 Å². The van der Waals surface area contributed by atoms with Crippen LogP contribution in [0.25, 0.3) is 0 Å². The molecule has 0 spiro atoms. The fourth-order valence-corrected chi connectivity index (χ4v) is 1.99. The molecule has 0 aliphatic carbocycles. The Bertz CT molecular complexity index is 572. The molecule has 0 saturated heterocycles. The molecule has 0 aromatic heterocycles. The summed E-state index contributed by atoms with van der Waals surface area (Å²) in [4.78, 5) is 57.6. The van der Waals surface area contributed by atoms with E-state index in [0.29, 0.717) is 0 Å². The zero-order valence-corrected chi connectivity index (χ0v) is 15.6. The molecule has 9 N–H and O–H groups in total. The van der Waals surface area contributed by atoms with E-state index in [4.69, 9.17) is 16.6 Å². The van der Waals surface area contributed by atoms with Gasteiger partial charge in [-0.2, -0.15) is 12.6 Å². The minimum Gasteiger partial charge on any atom is -0.480 e. The van der Waals surface area contributed by atoms with Crippen molar-refractivity contribution in [3.05, 3.63) is 0 Å². The third-order valence-electron chi connectivity index (χ3n) is 3.33. The summed E-state index contributed by atoms with van der Waals surface area (Å²) in [6.07, 6.45) is -1.68. The summed E-state index contributed by atoms with van der Waals surface area (Å²) >= 11 is 3.86. The Balaban J connectivity index is 4.82. The lowest BCUT2D eigenvalue weighted by atomic mass is 10.1. The van der Waals surface area contributed by atoms with Crippen LogP contribution in [0.1, 0.15) is 19.8 Å². The first-order valence-corrected chi connectivity index (χ1v) is 8.55. The Labute approximate surface area is 160 Å². The second kappa shape index (κ2) is 12.1. The van der Waals surface area contributed by atoms with Crippen LogP contribution in [0.2, 0.25) is 0 Å².